The zero-order chi connectivity index (χ0) is 24.5. The Morgan fingerprint density at radius 2 is 1.61 bits per heavy atom. The minimum atomic E-state index is -0.468. The molecule has 0 unspecified atom stereocenters. The number of hydrogen-bond donors (Lipinski definition) is 2. The number of benzene rings is 2. The molecule has 7 nitrogen and oxygen atoms in total. The number of hydrazone groups is 1. The number of nitrogens with one attached hydrogen (secondary N) is 2. The standard InChI is InChI=1S/C11H12Cl2N2O2.C11H9Cl2NO2/c1-3-17-11(16)7(2)14-15-10-5-4-8(12)6-9(10)13;1-2-16-11(15)9-4-6-3-7(12)5-8(13)10(6)14-9/h4-6,15H,3H2,1-2H3;3-5,14H,2H2,1H3/b14-7+;. The Hall–Kier alpha value is -2.45. The number of esters is 2. The number of halogens is 4. The van der Waals surface area contributed by atoms with Crippen LogP contribution in [0.4, 0.5) is 5.69 Å². The van der Waals surface area contributed by atoms with E-state index in [1.165, 1.54) is 0 Å². The third-order valence-electron chi connectivity index (χ3n) is 3.99. The van der Waals surface area contributed by atoms with Gasteiger partial charge in [-0.05, 0) is 57.2 Å². The molecule has 1 heterocycles. The summed E-state index contributed by atoms with van der Waals surface area (Å²) in [5.74, 6) is -0.865. The van der Waals surface area contributed by atoms with Gasteiger partial charge in [-0.3, -0.25) is 5.43 Å². The Morgan fingerprint density at radius 1 is 0.939 bits per heavy atom. The van der Waals surface area contributed by atoms with E-state index in [1.807, 2.05) is 0 Å². The maximum Gasteiger partial charge on any atom is 0.354 e. The van der Waals surface area contributed by atoms with Crippen molar-refractivity contribution in [3.05, 3.63) is 62.2 Å². The average Bonchev–Trinajstić information content (AvgIpc) is 3.18. The lowest BCUT2D eigenvalue weighted by Crippen LogP contribution is -2.15. The van der Waals surface area contributed by atoms with E-state index in [-0.39, 0.29) is 5.71 Å². The van der Waals surface area contributed by atoms with E-state index in [1.54, 1.807) is 57.2 Å². The number of anilines is 1. The fourth-order valence-electron chi connectivity index (χ4n) is 2.49. The van der Waals surface area contributed by atoms with Gasteiger partial charge in [-0.1, -0.05) is 46.4 Å². The van der Waals surface area contributed by atoms with Crippen LogP contribution >= 0.6 is 46.4 Å². The van der Waals surface area contributed by atoms with Crippen molar-refractivity contribution < 1.29 is 19.1 Å². The first kappa shape index (κ1) is 26.8. The van der Waals surface area contributed by atoms with Crippen LogP contribution in [-0.2, 0) is 14.3 Å². The predicted octanol–water partition coefficient (Wildman–Crippen LogP) is 7.00. The summed E-state index contributed by atoms with van der Waals surface area (Å²) < 4.78 is 9.66. The number of carbonyl (C=O) groups is 2. The Kier molecular flexibility index (Phi) is 10.3. The molecular weight excluding hydrogens is 512 g/mol. The molecule has 3 rings (SSSR count). The maximum absolute atomic E-state index is 11.5. The fourth-order valence-corrected chi connectivity index (χ4v) is 3.50. The molecule has 2 aromatic carbocycles. The number of aromatic amines is 1. The highest BCUT2D eigenvalue weighted by Crippen LogP contribution is 2.28. The van der Waals surface area contributed by atoms with Crippen LogP contribution in [0.15, 0.2) is 41.5 Å². The minimum Gasteiger partial charge on any atom is -0.461 e. The van der Waals surface area contributed by atoms with Gasteiger partial charge in [0.1, 0.15) is 11.4 Å². The first-order valence-electron chi connectivity index (χ1n) is 9.73. The van der Waals surface area contributed by atoms with E-state index < -0.39 is 11.9 Å². The first-order chi connectivity index (χ1) is 15.7. The van der Waals surface area contributed by atoms with Crippen molar-refractivity contribution in [3.63, 3.8) is 0 Å². The van der Waals surface area contributed by atoms with Crippen LogP contribution in [0.25, 0.3) is 10.9 Å². The average molecular weight is 533 g/mol. The van der Waals surface area contributed by atoms with E-state index in [2.05, 4.69) is 15.5 Å². The molecule has 0 bridgehead atoms. The molecule has 2 N–H and O–H groups in total. The Bertz CT molecular complexity index is 1180. The molecule has 33 heavy (non-hydrogen) atoms. The minimum absolute atomic E-state index is 0.220. The van der Waals surface area contributed by atoms with Crippen LogP contribution in [-0.4, -0.2) is 35.8 Å². The molecule has 1 aromatic heterocycles. The van der Waals surface area contributed by atoms with Crippen molar-refractivity contribution in [1.29, 1.82) is 0 Å². The summed E-state index contributed by atoms with van der Waals surface area (Å²) in [5, 5.41) is 6.64. The summed E-state index contributed by atoms with van der Waals surface area (Å²) in [6.07, 6.45) is 0. The molecule has 0 spiro atoms. The number of carbonyl (C=O) groups excluding carboxylic acids is 2. The van der Waals surface area contributed by atoms with Gasteiger partial charge in [0.05, 0.1) is 34.5 Å². The lowest BCUT2D eigenvalue weighted by Gasteiger charge is -2.05. The number of rotatable bonds is 6. The van der Waals surface area contributed by atoms with Crippen molar-refractivity contribution in [2.45, 2.75) is 20.8 Å². The first-order valence-corrected chi connectivity index (χ1v) is 11.2. The Balaban J connectivity index is 0.000000234. The largest absolute Gasteiger partial charge is 0.461 e. The Morgan fingerprint density at radius 3 is 2.24 bits per heavy atom. The van der Waals surface area contributed by atoms with Crippen molar-refractivity contribution in [2.24, 2.45) is 5.10 Å². The summed E-state index contributed by atoms with van der Waals surface area (Å²) in [6, 6.07) is 9.96. The molecule has 0 atom stereocenters. The predicted molar refractivity (Wildman–Crippen MR) is 134 cm³/mol. The molecule has 0 aliphatic rings. The van der Waals surface area contributed by atoms with Crippen LogP contribution in [0, 0.1) is 0 Å². The molecule has 0 radical (unpaired) electrons. The van der Waals surface area contributed by atoms with Gasteiger partial charge < -0.3 is 14.5 Å². The highest BCUT2D eigenvalue weighted by molar-refractivity contribution is 6.38. The van der Waals surface area contributed by atoms with E-state index in [0.29, 0.717) is 50.2 Å². The molecule has 0 saturated heterocycles. The maximum atomic E-state index is 11.5. The van der Waals surface area contributed by atoms with E-state index >= 15 is 0 Å². The van der Waals surface area contributed by atoms with Crippen molar-refractivity contribution in [1.82, 2.24) is 4.98 Å². The van der Waals surface area contributed by atoms with E-state index in [0.717, 1.165) is 5.39 Å². The summed E-state index contributed by atoms with van der Waals surface area (Å²) in [7, 11) is 0. The molecule has 0 aliphatic heterocycles. The van der Waals surface area contributed by atoms with Crippen LogP contribution in [0.3, 0.4) is 0 Å². The van der Waals surface area contributed by atoms with Crippen molar-refractivity contribution >= 4 is 80.6 Å². The lowest BCUT2D eigenvalue weighted by atomic mass is 10.2. The number of hydrogen-bond acceptors (Lipinski definition) is 6. The highest BCUT2D eigenvalue weighted by atomic mass is 35.5. The van der Waals surface area contributed by atoms with Crippen LogP contribution in [0.2, 0.25) is 20.1 Å². The lowest BCUT2D eigenvalue weighted by molar-refractivity contribution is -0.135. The van der Waals surface area contributed by atoms with Crippen LogP contribution < -0.4 is 5.43 Å². The number of nitrogens with zero attached hydrogens (tertiary/aromatic N) is 1. The van der Waals surface area contributed by atoms with Crippen LogP contribution in [0.1, 0.15) is 31.3 Å². The quantitative estimate of drug-likeness (QED) is 0.202. The number of H-pyrrole nitrogens is 1. The van der Waals surface area contributed by atoms with Crippen LogP contribution in [0.5, 0.6) is 0 Å². The smallest absolute Gasteiger partial charge is 0.354 e. The molecule has 11 heteroatoms. The molecule has 176 valence electrons. The van der Waals surface area contributed by atoms with Gasteiger partial charge in [0, 0.05) is 15.4 Å². The summed E-state index contributed by atoms with van der Waals surface area (Å²) >= 11 is 23.5. The van der Waals surface area contributed by atoms with Gasteiger partial charge in [0.2, 0.25) is 0 Å². The number of fused-ring (bicyclic) bond motifs is 1. The van der Waals surface area contributed by atoms with E-state index in [4.69, 9.17) is 55.9 Å². The van der Waals surface area contributed by atoms with Gasteiger partial charge in [0.25, 0.3) is 0 Å². The second kappa shape index (κ2) is 12.7. The monoisotopic (exact) mass is 531 g/mol. The van der Waals surface area contributed by atoms with E-state index in [9.17, 15) is 9.59 Å². The van der Waals surface area contributed by atoms with Gasteiger partial charge >= 0.3 is 11.9 Å². The van der Waals surface area contributed by atoms with Gasteiger partial charge in [0.15, 0.2) is 0 Å². The second-order valence-corrected chi connectivity index (χ2v) is 8.10. The number of aromatic nitrogens is 1. The second-order valence-electron chi connectivity index (χ2n) is 6.41. The third kappa shape index (κ3) is 7.82. The molecule has 0 aliphatic carbocycles. The summed E-state index contributed by atoms with van der Waals surface area (Å²) in [6.45, 7) is 5.68. The third-order valence-corrected chi connectivity index (χ3v) is 5.05. The summed E-state index contributed by atoms with van der Waals surface area (Å²) in [5.41, 5.74) is 4.53. The topological polar surface area (TPSA) is 92.8 Å². The molecule has 0 fully saturated rings. The highest BCUT2D eigenvalue weighted by Gasteiger charge is 2.12. The molecule has 0 amide bonds. The Labute approximate surface area is 210 Å². The number of ether oxygens (including phenoxy) is 2. The molecule has 3 aromatic rings. The van der Waals surface area contributed by atoms with Gasteiger partial charge in [-0.2, -0.15) is 5.10 Å². The normalized spacial score (nSPS) is 10.9. The van der Waals surface area contributed by atoms with Crippen molar-refractivity contribution in [3.8, 4) is 0 Å². The molecule has 0 saturated carbocycles. The zero-order valence-electron chi connectivity index (χ0n) is 18.0. The fraction of sp³-hybridized carbons (Fsp3) is 0.227. The van der Waals surface area contributed by atoms with Crippen molar-refractivity contribution in [2.75, 3.05) is 18.6 Å². The SMILES string of the molecule is CCOC(=O)/C(C)=N/Nc1ccc(Cl)cc1Cl.CCOC(=O)c1cc2cc(Cl)cc(Cl)c2[nH]1. The zero-order valence-corrected chi connectivity index (χ0v) is 21.0. The molecular formula is C22H21Cl4N3O4. The van der Waals surface area contributed by atoms with Gasteiger partial charge in [-0.25, -0.2) is 9.59 Å². The summed E-state index contributed by atoms with van der Waals surface area (Å²) in [4.78, 5) is 25.6. The van der Waals surface area contributed by atoms with Gasteiger partial charge in [-0.15, -0.1) is 0 Å².